The summed E-state index contributed by atoms with van der Waals surface area (Å²) in [5, 5.41) is 5.08. The van der Waals surface area contributed by atoms with Crippen LogP contribution in [-0.2, 0) is 14.3 Å². The second kappa shape index (κ2) is 8.57. The molecule has 0 aliphatic heterocycles. The minimum Gasteiger partial charge on any atom is -0.465 e. The number of amides is 2. The minimum atomic E-state index is -0.591. The van der Waals surface area contributed by atoms with Crippen LogP contribution >= 0.6 is 0 Å². The van der Waals surface area contributed by atoms with Crippen LogP contribution in [0, 0.1) is 0 Å². The Balaban J connectivity index is 2.00. The normalized spacial score (nSPS) is 9.92. The van der Waals surface area contributed by atoms with Crippen molar-refractivity contribution in [3.05, 3.63) is 59.7 Å². The molecule has 2 rings (SSSR count). The standard InChI is InChI=1S/C19H18N2O5/c1-12(22)13-6-5-7-14(10-13)20-17(23)11-18(24)21-16-9-4-3-8-15(16)19(25)26-2/h3-10H,11H2,1-2H3,(H,20,23)(H,21,24). The lowest BCUT2D eigenvalue weighted by atomic mass is 10.1. The van der Waals surface area contributed by atoms with Gasteiger partial charge in [-0.1, -0.05) is 24.3 Å². The zero-order chi connectivity index (χ0) is 19.1. The molecule has 2 N–H and O–H groups in total. The maximum atomic E-state index is 12.1. The number of carbonyl (C=O) groups excluding carboxylic acids is 4. The van der Waals surface area contributed by atoms with Gasteiger partial charge in [-0.3, -0.25) is 14.4 Å². The SMILES string of the molecule is COC(=O)c1ccccc1NC(=O)CC(=O)Nc1cccc(C(C)=O)c1. The summed E-state index contributed by atoms with van der Waals surface area (Å²) in [5.41, 5.74) is 1.33. The van der Waals surface area contributed by atoms with Crippen molar-refractivity contribution < 1.29 is 23.9 Å². The summed E-state index contributed by atoms with van der Waals surface area (Å²) < 4.78 is 4.65. The Kier molecular flexibility index (Phi) is 6.21. The zero-order valence-electron chi connectivity index (χ0n) is 14.4. The molecule has 0 spiro atoms. The number of carbonyl (C=O) groups is 4. The molecule has 0 aromatic heterocycles. The van der Waals surface area contributed by atoms with Gasteiger partial charge in [-0.05, 0) is 31.2 Å². The van der Waals surface area contributed by atoms with Crippen molar-refractivity contribution in [1.29, 1.82) is 0 Å². The summed E-state index contributed by atoms with van der Waals surface area (Å²) in [5.74, 6) is -1.84. The number of benzene rings is 2. The number of hydrogen-bond donors (Lipinski definition) is 2. The fourth-order valence-corrected chi connectivity index (χ4v) is 2.24. The van der Waals surface area contributed by atoms with E-state index in [4.69, 9.17) is 0 Å². The van der Waals surface area contributed by atoms with Crippen LogP contribution in [0.3, 0.4) is 0 Å². The lowest BCUT2D eigenvalue weighted by molar-refractivity contribution is -0.123. The molecule has 26 heavy (non-hydrogen) atoms. The molecule has 0 fully saturated rings. The van der Waals surface area contributed by atoms with Gasteiger partial charge in [0.25, 0.3) is 0 Å². The van der Waals surface area contributed by atoms with Crippen molar-refractivity contribution in [3.63, 3.8) is 0 Å². The predicted octanol–water partition coefficient (Wildman–Crippen LogP) is 2.64. The van der Waals surface area contributed by atoms with Gasteiger partial charge in [0, 0.05) is 11.3 Å². The summed E-state index contributed by atoms with van der Waals surface area (Å²) in [6, 6.07) is 12.8. The van der Waals surface area contributed by atoms with E-state index in [9.17, 15) is 19.2 Å². The highest BCUT2D eigenvalue weighted by molar-refractivity contribution is 6.10. The van der Waals surface area contributed by atoms with Crippen molar-refractivity contribution in [2.75, 3.05) is 17.7 Å². The van der Waals surface area contributed by atoms with E-state index >= 15 is 0 Å². The van der Waals surface area contributed by atoms with Crippen molar-refractivity contribution in [2.45, 2.75) is 13.3 Å². The van der Waals surface area contributed by atoms with Gasteiger partial charge in [-0.15, -0.1) is 0 Å². The van der Waals surface area contributed by atoms with Crippen molar-refractivity contribution >= 4 is 34.9 Å². The molecule has 0 aliphatic rings. The Morgan fingerprint density at radius 3 is 2.31 bits per heavy atom. The fourth-order valence-electron chi connectivity index (χ4n) is 2.24. The van der Waals surface area contributed by atoms with Gasteiger partial charge >= 0.3 is 5.97 Å². The van der Waals surface area contributed by atoms with E-state index < -0.39 is 24.2 Å². The molecule has 0 heterocycles. The first-order valence-corrected chi connectivity index (χ1v) is 7.78. The number of esters is 1. The summed E-state index contributed by atoms with van der Waals surface area (Å²) >= 11 is 0. The van der Waals surface area contributed by atoms with E-state index in [0.29, 0.717) is 11.3 Å². The molecule has 0 bridgehead atoms. The molecular weight excluding hydrogens is 336 g/mol. The molecule has 134 valence electrons. The smallest absolute Gasteiger partial charge is 0.339 e. The quantitative estimate of drug-likeness (QED) is 0.472. The number of nitrogens with one attached hydrogen (secondary N) is 2. The first-order chi connectivity index (χ1) is 12.4. The van der Waals surface area contributed by atoms with Gasteiger partial charge in [0.05, 0.1) is 18.4 Å². The monoisotopic (exact) mass is 354 g/mol. The highest BCUT2D eigenvalue weighted by atomic mass is 16.5. The fraction of sp³-hybridized carbons (Fsp3) is 0.158. The highest BCUT2D eigenvalue weighted by Crippen LogP contribution is 2.16. The molecule has 0 saturated carbocycles. The largest absolute Gasteiger partial charge is 0.465 e. The van der Waals surface area contributed by atoms with Gasteiger partial charge in [-0.25, -0.2) is 4.79 Å². The third kappa shape index (κ3) is 5.01. The highest BCUT2D eigenvalue weighted by Gasteiger charge is 2.15. The number of Topliss-reactive ketones (excluding diaryl/α,β-unsaturated/α-hetero) is 1. The molecule has 0 atom stereocenters. The average Bonchev–Trinajstić information content (AvgIpc) is 2.61. The molecule has 0 saturated heterocycles. The number of methoxy groups -OCH3 is 1. The van der Waals surface area contributed by atoms with Gasteiger partial charge in [0.1, 0.15) is 6.42 Å². The van der Waals surface area contributed by atoms with Crippen molar-refractivity contribution in [2.24, 2.45) is 0 Å². The lowest BCUT2D eigenvalue weighted by Crippen LogP contribution is -2.22. The predicted molar refractivity (Wildman–Crippen MR) is 96.1 cm³/mol. The summed E-state index contributed by atoms with van der Waals surface area (Å²) in [6.45, 7) is 1.42. The van der Waals surface area contributed by atoms with Crippen LogP contribution in [0.1, 0.15) is 34.1 Å². The Bertz CT molecular complexity index is 861. The van der Waals surface area contributed by atoms with Crippen LogP contribution in [0.4, 0.5) is 11.4 Å². The summed E-state index contributed by atoms with van der Waals surface area (Å²) in [6.07, 6.45) is -0.445. The molecule has 2 aromatic carbocycles. The summed E-state index contributed by atoms with van der Waals surface area (Å²) in [7, 11) is 1.24. The van der Waals surface area contributed by atoms with Crippen LogP contribution in [0.15, 0.2) is 48.5 Å². The van der Waals surface area contributed by atoms with Gasteiger partial charge < -0.3 is 15.4 Å². The lowest BCUT2D eigenvalue weighted by Gasteiger charge is -2.10. The molecule has 2 aromatic rings. The van der Waals surface area contributed by atoms with Gasteiger partial charge in [-0.2, -0.15) is 0 Å². The Labute approximate surface area is 150 Å². The first kappa shape index (κ1) is 18.9. The molecule has 0 unspecified atom stereocenters. The molecule has 7 heteroatoms. The maximum Gasteiger partial charge on any atom is 0.339 e. The van der Waals surface area contributed by atoms with Gasteiger partial charge in [0.15, 0.2) is 5.78 Å². The van der Waals surface area contributed by atoms with E-state index in [1.807, 2.05) is 0 Å². The second-order valence-electron chi connectivity index (χ2n) is 5.45. The molecule has 7 nitrogen and oxygen atoms in total. The number of anilines is 2. The molecule has 0 radical (unpaired) electrons. The van der Waals surface area contributed by atoms with Gasteiger partial charge in [0.2, 0.25) is 11.8 Å². The number of ether oxygens (including phenoxy) is 1. The Hall–Kier alpha value is -3.48. The van der Waals surface area contributed by atoms with E-state index in [2.05, 4.69) is 15.4 Å². The second-order valence-corrected chi connectivity index (χ2v) is 5.45. The van der Waals surface area contributed by atoms with Crippen molar-refractivity contribution in [3.8, 4) is 0 Å². The Morgan fingerprint density at radius 1 is 0.923 bits per heavy atom. The van der Waals surface area contributed by atoms with E-state index in [1.165, 1.54) is 26.2 Å². The number of hydrogen-bond acceptors (Lipinski definition) is 5. The molecular formula is C19H18N2O5. The van der Waals surface area contributed by atoms with Crippen molar-refractivity contribution in [1.82, 2.24) is 0 Å². The van der Waals surface area contributed by atoms with Crippen LogP contribution in [0.2, 0.25) is 0 Å². The van der Waals surface area contributed by atoms with E-state index in [0.717, 1.165) is 0 Å². The number of ketones is 1. The summed E-state index contributed by atoms with van der Waals surface area (Å²) in [4.78, 5) is 47.1. The topological polar surface area (TPSA) is 102 Å². The average molecular weight is 354 g/mol. The third-order valence-electron chi connectivity index (χ3n) is 3.48. The maximum absolute atomic E-state index is 12.1. The van der Waals surface area contributed by atoms with E-state index in [-0.39, 0.29) is 17.0 Å². The van der Waals surface area contributed by atoms with Crippen LogP contribution in [-0.4, -0.2) is 30.7 Å². The number of rotatable bonds is 6. The zero-order valence-corrected chi connectivity index (χ0v) is 14.4. The molecule has 2 amide bonds. The van der Waals surface area contributed by atoms with E-state index in [1.54, 1.807) is 36.4 Å². The minimum absolute atomic E-state index is 0.127. The van der Waals surface area contributed by atoms with Crippen LogP contribution < -0.4 is 10.6 Å². The number of para-hydroxylation sites is 1. The van der Waals surface area contributed by atoms with Crippen LogP contribution in [0.25, 0.3) is 0 Å². The van der Waals surface area contributed by atoms with Crippen LogP contribution in [0.5, 0.6) is 0 Å². The third-order valence-corrected chi connectivity index (χ3v) is 3.48. The first-order valence-electron chi connectivity index (χ1n) is 7.78. The molecule has 0 aliphatic carbocycles. The Morgan fingerprint density at radius 2 is 1.62 bits per heavy atom.